The predicted octanol–water partition coefficient (Wildman–Crippen LogP) is 5.30. The van der Waals surface area contributed by atoms with Crippen molar-refractivity contribution in [1.82, 2.24) is 9.78 Å². The minimum absolute atomic E-state index is 0.0963. The van der Waals surface area contributed by atoms with Gasteiger partial charge < -0.3 is 9.47 Å². The zero-order chi connectivity index (χ0) is 22.0. The van der Waals surface area contributed by atoms with Crippen LogP contribution in [-0.4, -0.2) is 29.1 Å². The highest BCUT2D eigenvalue weighted by molar-refractivity contribution is 5.84. The van der Waals surface area contributed by atoms with Crippen LogP contribution in [0.25, 0.3) is 5.69 Å². The predicted molar refractivity (Wildman–Crippen MR) is 116 cm³/mol. The second-order valence-corrected chi connectivity index (χ2v) is 7.50. The van der Waals surface area contributed by atoms with Crippen LogP contribution in [0, 0.1) is 19.7 Å². The van der Waals surface area contributed by atoms with Crippen LogP contribution in [0.5, 0.6) is 5.75 Å². The van der Waals surface area contributed by atoms with Gasteiger partial charge in [-0.25, -0.2) is 13.9 Å². The molecule has 0 fully saturated rings. The molecule has 2 atom stereocenters. The lowest BCUT2D eigenvalue weighted by Crippen LogP contribution is -2.20. The summed E-state index contributed by atoms with van der Waals surface area (Å²) in [5.74, 6) is 0.471. The molecule has 0 bridgehead atoms. The van der Waals surface area contributed by atoms with Gasteiger partial charge in [-0.2, -0.15) is 5.10 Å². The summed E-state index contributed by atoms with van der Waals surface area (Å²) < 4.78 is 25.9. The lowest BCUT2D eigenvalue weighted by atomic mass is 9.96. The minimum Gasteiger partial charge on any atom is -0.497 e. The fourth-order valence-electron chi connectivity index (χ4n) is 3.98. The van der Waals surface area contributed by atoms with Gasteiger partial charge in [0.15, 0.2) is 0 Å². The molecule has 3 aromatic rings. The van der Waals surface area contributed by atoms with E-state index in [1.165, 1.54) is 18.2 Å². The summed E-state index contributed by atoms with van der Waals surface area (Å²) in [4.78, 5) is 12.2. The number of carbonyl (C=O) groups is 1. The van der Waals surface area contributed by atoms with Crippen LogP contribution >= 0.6 is 0 Å². The highest BCUT2D eigenvalue weighted by Crippen LogP contribution is 2.35. The van der Waals surface area contributed by atoms with Gasteiger partial charge in [0.1, 0.15) is 17.7 Å². The summed E-state index contributed by atoms with van der Waals surface area (Å²) in [6, 6.07) is 13.4. The maximum Gasteiger partial charge on any atom is 0.412 e. The lowest BCUT2D eigenvalue weighted by molar-refractivity contribution is 0.132. The number of aromatic nitrogens is 2. The topological polar surface area (TPSA) is 65.4 Å². The number of amides is 1. The molecule has 0 saturated heterocycles. The molecule has 7 heteroatoms. The van der Waals surface area contributed by atoms with Gasteiger partial charge in [0.25, 0.3) is 0 Å². The van der Waals surface area contributed by atoms with E-state index in [9.17, 15) is 9.18 Å². The van der Waals surface area contributed by atoms with E-state index in [1.807, 2.05) is 48.9 Å². The minimum atomic E-state index is -0.608. The Kier molecular flexibility index (Phi) is 5.75. The summed E-state index contributed by atoms with van der Waals surface area (Å²) >= 11 is 0. The van der Waals surface area contributed by atoms with Crippen molar-refractivity contribution in [2.45, 2.75) is 32.3 Å². The van der Waals surface area contributed by atoms with Gasteiger partial charge in [-0.05, 0) is 68.8 Å². The number of allylic oxidation sites excluding steroid dienone is 1. The van der Waals surface area contributed by atoms with Crippen molar-refractivity contribution >= 4 is 11.8 Å². The molecule has 160 valence electrons. The number of nitrogens with one attached hydrogen (secondary N) is 1. The molecule has 0 spiro atoms. The van der Waals surface area contributed by atoms with Gasteiger partial charge in [0.05, 0.1) is 18.5 Å². The molecule has 0 radical (unpaired) electrons. The summed E-state index contributed by atoms with van der Waals surface area (Å²) in [5.41, 5.74) is 4.42. The molecule has 4 rings (SSSR count). The Bertz CT molecular complexity index is 1120. The zero-order valence-electron chi connectivity index (χ0n) is 17.6. The number of hydrogen-bond acceptors (Lipinski definition) is 4. The average molecular weight is 421 g/mol. The third kappa shape index (κ3) is 4.45. The van der Waals surface area contributed by atoms with Crippen LogP contribution < -0.4 is 10.1 Å². The number of carbonyl (C=O) groups excluding carboxylic acids is 1. The third-order valence-electron chi connectivity index (χ3n) is 5.41. The normalized spacial score (nSPS) is 17.5. The smallest absolute Gasteiger partial charge is 0.412 e. The van der Waals surface area contributed by atoms with Gasteiger partial charge in [-0.15, -0.1) is 0 Å². The van der Waals surface area contributed by atoms with E-state index in [0.717, 1.165) is 28.4 Å². The number of halogens is 1. The first kappa shape index (κ1) is 20.7. The molecule has 0 saturated carbocycles. The number of aryl methyl sites for hydroxylation is 1. The number of anilines is 1. The monoisotopic (exact) mass is 421 g/mol. The fourth-order valence-corrected chi connectivity index (χ4v) is 3.98. The van der Waals surface area contributed by atoms with Crippen LogP contribution in [0.4, 0.5) is 14.9 Å². The van der Waals surface area contributed by atoms with Crippen LogP contribution in [0.15, 0.2) is 60.7 Å². The Morgan fingerprint density at radius 2 is 1.94 bits per heavy atom. The van der Waals surface area contributed by atoms with Crippen molar-refractivity contribution in [3.63, 3.8) is 0 Å². The summed E-state index contributed by atoms with van der Waals surface area (Å²) in [6.45, 7) is 4.03. The van der Waals surface area contributed by atoms with Crippen LogP contribution in [0.3, 0.4) is 0 Å². The second-order valence-electron chi connectivity index (χ2n) is 7.50. The van der Waals surface area contributed by atoms with E-state index in [2.05, 4.69) is 11.4 Å². The van der Waals surface area contributed by atoms with Crippen LogP contribution in [0.1, 0.15) is 29.3 Å². The molecule has 0 unspecified atom stereocenters. The number of ether oxygens (including phenoxy) is 2. The van der Waals surface area contributed by atoms with E-state index < -0.39 is 11.9 Å². The van der Waals surface area contributed by atoms with Gasteiger partial charge >= 0.3 is 6.09 Å². The molecular formula is C24H24FN3O3. The van der Waals surface area contributed by atoms with E-state index >= 15 is 0 Å². The molecular weight excluding hydrogens is 397 g/mol. The maximum absolute atomic E-state index is 13.3. The van der Waals surface area contributed by atoms with E-state index in [4.69, 9.17) is 14.6 Å². The van der Waals surface area contributed by atoms with Crippen LogP contribution in [0.2, 0.25) is 0 Å². The molecule has 31 heavy (non-hydrogen) atoms. The van der Waals surface area contributed by atoms with E-state index in [-0.39, 0.29) is 12.0 Å². The third-order valence-corrected chi connectivity index (χ3v) is 5.41. The van der Waals surface area contributed by atoms with Gasteiger partial charge in [0.2, 0.25) is 0 Å². The Morgan fingerprint density at radius 1 is 1.16 bits per heavy atom. The summed E-state index contributed by atoms with van der Waals surface area (Å²) in [5, 5.41) is 7.28. The Morgan fingerprint density at radius 3 is 2.65 bits per heavy atom. The van der Waals surface area contributed by atoms with Crippen molar-refractivity contribution < 1.29 is 18.7 Å². The van der Waals surface area contributed by atoms with Crippen molar-refractivity contribution in [2.75, 3.05) is 12.4 Å². The highest BCUT2D eigenvalue weighted by atomic mass is 19.1. The van der Waals surface area contributed by atoms with Crippen molar-refractivity contribution in [3.8, 4) is 11.4 Å². The van der Waals surface area contributed by atoms with E-state index in [0.29, 0.717) is 12.1 Å². The maximum atomic E-state index is 13.3. The molecule has 6 nitrogen and oxygen atoms in total. The first-order valence-electron chi connectivity index (χ1n) is 10.1. The number of nitrogens with zero attached hydrogens (tertiary/aromatic N) is 2. The summed E-state index contributed by atoms with van der Waals surface area (Å²) in [7, 11) is 1.64. The number of methoxy groups -OCH3 is 1. The molecule has 1 aliphatic rings. The second kappa shape index (κ2) is 8.63. The van der Waals surface area contributed by atoms with E-state index in [1.54, 1.807) is 13.2 Å². The number of rotatable bonds is 5. The van der Waals surface area contributed by atoms with Gasteiger partial charge in [-0.1, -0.05) is 12.1 Å². The molecule has 1 aromatic heterocycles. The Hall–Kier alpha value is -3.61. The first-order chi connectivity index (χ1) is 14.9. The fraction of sp³-hybridized carbons (Fsp3) is 0.250. The Balaban J connectivity index is 1.44. The SMILES string of the molecule is COc1ccc(-n2nc(C)c([C@H]3C=C[C@@H](OC(=O)Nc4cccc(F)c4)C3)c2C)cc1. The van der Waals surface area contributed by atoms with Gasteiger partial charge in [-0.3, -0.25) is 5.32 Å². The average Bonchev–Trinajstić information content (AvgIpc) is 3.31. The zero-order valence-corrected chi connectivity index (χ0v) is 17.6. The molecule has 1 heterocycles. The number of hydrogen-bond donors (Lipinski definition) is 1. The first-order valence-corrected chi connectivity index (χ1v) is 10.1. The van der Waals surface area contributed by atoms with Crippen molar-refractivity contribution in [2.24, 2.45) is 0 Å². The molecule has 0 aliphatic heterocycles. The molecule has 1 amide bonds. The highest BCUT2D eigenvalue weighted by Gasteiger charge is 2.28. The van der Waals surface area contributed by atoms with Crippen LogP contribution in [-0.2, 0) is 4.74 Å². The van der Waals surface area contributed by atoms with Crippen molar-refractivity contribution in [3.05, 3.63) is 83.5 Å². The summed E-state index contributed by atoms with van der Waals surface area (Å²) in [6.07, 6.45) is 3.60. The molecule has 1 aliphatic carbocycles. The largest absolute Gasteiger partial charge is 0.497 e. The van der Waals surface area contributed by atoms with Gasteiger partial charge in [0, 0.05) is 22.9 Å². The standard InChI is InChI=1S/C24H24FN3O3/c1-15-23(16(2)28(27-15)20-8-11-21(30-3)12-9-20)17-7-10-22(13-17)31-24(29)26-19-6-4-5-18(25)14-19/h4-12,14,17,22H,13H2,1-3H3,(H,26,29)/t17-,22+/m0/s1. The molecule has 2 aromatic carbocycles. The lowest BCUT2D eigenvalue weighted by Gasteiger charge is -2.15. The number of benzene rings is 2. The van der Waals surface area contributed by atoms with Crippen molar-refractivity contribution in [1.29, 1.82) is 0 Å². The Labute approximate surface area is 180 Å². The quantitative estimate of drug-likeness (QED) is 0.568. The molecule has 1 N–H and O–H groups in total.